The first kappa shape index (κ1) is 14.6. The zero-order valence-corrected chi connectivity index (χ0v) is 12.0. The summed E-state index contributed by atoms with van der Waals surface area (Å²) in [5.41, 5.74) is 0.623. The van der Waals surface area contributed by atoms with Crippen LogP contribution in [0, 0.1) is 16.0 Å². The highest BCUT2D eigenvalue weighted by molar-refractivity contribution is 5.63. The van der Waals surface area contributed by atoms with E-state index in [0.29, 0.717) is 17.4 Å². The number of nitrogens with zero attached hydrogens (tertiary/aromatic N) is 2. The summed E-state index contributed by atoms with van der Waals surface area (Å²) < 4.78 is 5.03. The van der Waals surface area contributed by atoms with Crippen molar-refractivity contribution in [2.75, 3.05) is 39.1 Å². The van der Waals surface area contributed by atoms with E-state index in [1.807, 2.05) is 0 Å². The lowest BCUT2D eigenvalue weighted by molar-refractivity contribution is -0.384. The number of likely N-dealkylation sites (tertiary alicyclic amines) is 1. The molecule has 0 aliphatic carbocycles. The number of rotatable bonds is 5. The van der Waals surface area contributed by atoms with Crippen LogP contribution in [0.15, 0.2) is 18.2 Å². The smallest absolute Gasteiger partial charge is 0.296 e. The zero-order valence-electron chi connectivity index (χ0n) is 12.0. The van der Waals surface area contributed by atoms with Gasteiger partial charge in [0.1, 0.15) is 11.4 Å². The number of benzene rings is 1. The van der Waals surface area contributed by atoms with Crippen molar-refractivity contribution < 1.29 is 9.66 Å². The van der Waals surface area contributed by atoms with Crippen molar-refractivity contribution in [2.24, 2.45) is 5.92 Å². The van der Waals surface area contributed by atoms with Crippen LogP contribution in [-0.2, 0) is 0 Å². The SMILES string of the molecule is COc1ccc(NCC2CCCN(C)C2)c([N+](=O)[O-])c1. The van der Waals surface area contributed by atoms with E-state index in [0.717, 1.165) is 19.6 Å². The number of anilines is 1. The Morgan fingerprint density at radius 1 is 1.55 bits per heavy atom. The quantitative estimate of drug-likeness (QED) is 0.662. The highest BCUT2D eigenvalue weighted by Gasteiger charge is 2.19. The minimum absolute atomic E-state index is 0.0634. The van der Waals surface area contributed by atoms with Gasteiger partial charge in [-0.15, -0.1) is 0 Å². The van der Waals surface area contributed by atoms with Crippen LogP contribution in [0.1, 0.15) is 12.8 Å². The molecule has 0 spiro atoms. The van der Waals surface area contributed by atoms with E-state index < -0.39 is 0 Å². The van der Waals surface area contributed by atoms with Crippen LogP contribution in [-0.4, -0.2) is 43.6 Å². The Labute approximate surface area is 118 Å². The maximum atomic E-state index is 11.1. The number of hydrogen-bond donors (Lipinski definition) is 1. The molecule has 1 aliphatic heterocycles. The van der Waals surface area contributed by atoms with Gasteiger partial charge in [-0.3, -0.25) is 10.1 Å². The van der Waals surface area contributed by atoms with Gasteiger partial charge in [0, 0.05) is 13.1 Å². The van der Waals surface area contributed by atoms with E-state index in [-0.39, 0.29) is 10.6 Å². The highest BCUT2D eigenvalue weighted by atomic mass is 16.6. The molecule has 6 nitrogen and oxygen atoms in total. The Kier molecular flexibility index (Phi) is 4.79. The van der Waals surface area contributed by atoms with Gasteiger partial charge in [-0.05, 0) is 44.5 Å². The fourth-order valence-electron chi connectivity index (χ4n) is 2.63. The molecular weight excluding hydrogens is 258 g/mol. The normalized spacial score (nSPS) is 19.6. The van der Waals surface area contributed by atoms with Crippen molar-refractivity contribution in [1.29, 1.82) is 0 Å². The van der Waals surface area contributed by atoms with Crippen LogP contribution in [0.4, 0.5) is 11.4 Å². The minimum Gasteiger partial charge on any atom is -0.496 e. The fraction of sp³-hybridized carbons (Fsp3) is 0.571. The van der Waals surface area contributed by atoms with E-state index in [2.05, 4.69) is 17.3 Å². The molecule has 0 bridgehead atoms. The molecule has 1 fully saturated rings. The van der Waals surface area contributed by atoms with E-state index in [1.165, 1.54) is 26.0 Å². The molecule has 0 radical (unpaired) electrons. The molecule has 20 heavy (non-hydrogen) atoms. The van der Waals surface area contributed by atoms with Crippen LogP contribution >= 0.6 is 0 Å². The van der Waals surface area contributed by atoms with Crippen LogP contribution in [0.2, 0.25) is 0 Å². The topological polar surface area (TPSA) is 67.6 Å². The number of methoxy groups -OCH3 is 1. The van der Waals surface area contributed by atoms with Gasteiger partial charge in [-0.2, -0.15) is 0 Å². The summed E-state index contributed by atoms with van der Waals surface area (Å²) in [6.45, 7) is 2.94. The first-order valence-corrected chi connectivity index (χ1v) is 6.85. The Balaban J connectivity index is 2.03. The van der Waals surface area contributed by atoms with Crippen LogP contribution in [0.3, 0.4) is 0 Å². The number of nitrogens with one attached hydrogen (secondary N) is 1. The standard InChI is InChI=1S/C14H21N3O3/c1-16-7-3-4-11(10-16)9-15-13-6-5-12(20-2)8-14(13)17(18)19/h5-6,8,11,15H,3-4,7,9-10H2,1-2H3. The highest BCUT2D eigenvalue weighted by Crippen LogP contribution is 2.29. The monoisotopic (exact) mass is 279 g/mol. The largest absolute Gasteiger partial charge is 0.496 e. The Bertz CT molecular complexity index is 479. The summed E-state index contributed by atoms with van der Waals surface area (Å²) >= 11 is 0. The van der Waals surface area contributed by atoms with Crippen molar-refractivity contribution in [2.45, 2.75) is 12.8 Å². The summed E-state index contributed by atoms with van der Waals surface area (Å²) in [4.78, 5) is 13.0. The Morgan fingerprint density at radius 3 is 3.00 bits per heavy atom. The first-order chi connectivity index (χ1) is 9.60. The van der Waals surface area contributed by atoms with Gasteiger partial charge in [0.2, 0.25) is 0 Å². The molecule has 0 amide bonds. The van der Waals surface area contributed by atoms with Gasteiger partial charge >= 0.3 is 0 Å². The number of piperidine rings is 1. The summed E-state index contributed by atoms with van der Waals surface area (Å²) in [7, 11) is 3.62. The van der Waals surface area contributed by atoms with E-state index in [4.69, 9.17) is 4.74 Å². The predicted molar refractivity (Wildman–Crippen MR) is 78.4 cm³/mol. The molecule has 1 unspecified atom stereocenters. The average molecular weight is 279 g/mol. The molecule has 1 N–H and O–H groups in total. The molecule has 110 valence electrons. The number of ether oxygens (including phenoxy) is 1. The van der Waals surface area contributed by atoms with Gasteiger partial charge in [0.15, 0.2) is 0 Å². The summed E-state index contributed by atoms with van der Waals surface area (Å²) in [6, 6.07) is 4.90. The van der Waals surface area contributed by atoms with E-state index in [9.17, 15) is 10.1 Å². The van der Waals surface area contributed by atoms with Crippen LogP contribution in [0.25, 0.3) is 0 Å². The van der Waals surface area contributed by atoms with Crippen molar-refractivity contribution >= 4 is 11.4 Å². The van der Waals surface area contributed by atoms with E-state index >= 15 is 0 Å². The van der Waals surface area contributed by atoms with Gasteiger partial charge in [0.25, 0.3) is 5.69 Å². The summed E-state index contributed by atoms with van der Waals surface area (Å²) in [5.74, 6) is 1.04. The average Bonchev–Trinajstić information content (AvgIpc) is 2.45. The van der Waals surface area contributed by atoms with Gasteiger partial charge in [-0.1, -0.05) is 0 Å². The van der Waals surface area contributed by atoms with Gasteiger partial charge in [-0.25, -0.2) is 0 Å². The number of nitro benzene ring substituents is 1. The number of nitro groups is 1. The number of hydrogen-bond acceptors (Lipinski definition) is 5. The first-order valence-electron chi connectivity index (χ1n) is 6.85. The lowest BCUT2D eigenvalue weighted by Gasteiger charge is -2.29. The van der Waals surface area contributed by atoms with Gasteiger partial charge < -0.3 is 15.0 Å². The van der Waals surface area contributed by atoms with Crippen molar-refractivity contribution in [3.8, 4) is 5.75 Å². The maximum Gasteiger partial charge on any atom is 0.296 e. The van der Waals surface area contributed by atoms with Crippen LogP contribution < -0.4 is 10.1 Å². The summed E-state index contributed by atoms with van der Waals surface area (Å²) in [6.07, 6.45) is 2.36. The summed E-state index contributed by atoms with van der Waals surface area (Å²) in [5, 5.41) is 14.3. The van der Waals surface area contributed by atoms with Crippen molar-refractivity contribution in [3.63, 3.8) is 0 Å². The third kappa shape index (κ3) is 3.60. The minimum atomic E-state index is -0.377. The molecule has 1 atom stereocenters. The fourth-order valence-corrected chi connectivity index (χ4v) is 2.63. The van der Waals surface area contributed by atoms with Crippen molar-refractivity contribution in [3.05, 3.63) is 28.3 Å². The zero-order chi connectivity index (χ0) is 14.5. The third-order valence-corrected chi connectivity index (χ3v) is 3.70. The molecule has 1 saturated heterocycles. The maximum absolute atomic E-state index is 11.1. The second kappa shape index (κ2) is 6.56. The lowest BCUT2D eigenvalue weighted by atomic mass is 9.98. The van der Waals surface area contributed by atoms with Crippen molar-refractivity contribution in [1.82, 2.24) is 4.90 Å². The van der Waals surface area contributed by atoms with Crippen LogP contribution in [0.5, 0.6) is 5.75 Å². The predicted octanol–water partition coefficient (Wildman–Crippen LogP) is 2.36. The molecule has 1 aromatic carbocycles. The second-order valence-corrected chi connectivity index (χ2v) is 5.29. The lowest BCUT2D eigenvalue weighted by Crippen LogP contribution is -2.35. The molecular formula is C14H21N3O3. The third-order valence-electron chi connectivity index (χ3n) is 3.70. The molecule has 6 heteroatoms. The molecule has 2 rings (SSSR count). The molecule has 1 aromatic rings. The Morgan fingerprint density at radius 2 is 2.35 bits per heavy atom. The molecule has 0 aromatic heterocycles. The molecule has 1 heterocycles. The molecule has 1 aliphatic rings. The molecule has 0 saturated carbocycles. The Hall–Kier alpha value is -1.82. The second-order valence-electron chi connectivity index (χ2n) is 5.29. The van der Waals surface area contributed by atoms with Gasteiger partial charge in [0.05, 0.1) is 18.1 Å². The van der Waals surface area contributed by atoms with E-state index in [1.54, 1.807) is 12.1 Å².